The Hall–Kier alpha value is -1.37. The fourth-order valence-corrected chi connectivity index (χ4v) is 2.99. The minimum atomic E-state index is -0.504. The van der Waals surface area contributed by atoms with Gasteiger partial charge in [-0.05, 0) is 38.8 Å². The molecule has 1 atom stereocenters. The number of para-hydroxylation sites is 1. The lowest BCUT2D eigenvalue weighted by Crippen LogP contribution is -2.20. The zero-order chi connectivity index (χ0) is 16.2. The minimum Gasteiger partial charge on any atom is -0.390 e. The van der Waals surface area contributed by atoms with Crippen LogP contribution in [-0.2, 0) is 4.74 Å². The second-order valence-corrected chi connectivity index (χ2v) is 7.11. The van der Waals surface area contributed by atoms with Crippen LogP contribution in [0.2, 0.25) is 0 Å². The summed E-state index contributed by atoms with van der Waals surface area (Å²) in [5.74, 6) is 2.09. The summed E-state index contributed by atoms with van der Waals surface area (Å²) < 4.78 is 7.37. The highest BCUT2D eigenvalue weighted by molar-refractivity contribution is 7.99. The summed E-state index contributed by atoms with van der Waals surface area (Å²) >= 11 is 1.48. The van der Waals surface area contributed by atoms with Crippen molar-refractivity contribution in [2.24, 2.45) is 0 Å². The molecule has 1 aromatic heterocycles. The van der Waals surface area contributed by atoms with E-state index in [0.29, 0.717) is 18.3 Å². The first-order chi connectivity index (χ1) is 11.1. The summed E-state index contributed by atoms with van der Waals surface area (Å²) in [4.78, 5) is 4.68. The van der Waals surface area contributed by atoms with Crippen LogP contribution in [0.4, 0.5) is 0 Å². The lowest BCUT2D eigenvalue weighted by molar-refractivity contribution is 0.0152. The molecule has 5 nitrogen and oxygen atoms in total. The van der Waals surface area contributed by atoms with Crippen molar-refractivity contribution in [1.82, 2.24) is 14.8 Å². The van der Waals surface area contributed by atoms with Crippen LogP contribution in [0.3, 0.4) is 0 Å². The van der Waals surface area contributed by atoms with E-state index in [0.717, 1.165) is 16.7 Å². The first-order valence-corrected chi connectivity index (χ1v) is 9.07. The molecule has 1 fully saturated rings. The SMILES string of the molecule is CC(C)OCC(O)CSc1nc(C2CC2)n(-c2ccccc2)n1. The molecule has 1 aliphatic carbocycles. The van der Waals surface area contributed by atoms with Crippen LogP contribution in [0.5, 0.6) is 0 Å². The molecule has 1 aromatic carbocycles. The van der Waals surface area contributed by atoms with E-state index in [1.165, 1.54) is 24.6 Å². The van der Waals surface area contributed by atoms with Gasteiger partial charge in [-0.2, -0.15) is 0 Å². The van der Waals surface area contributed by atoms with Crippen molar-refractivity contribution in [1.29, 1.82) is 0 Å². The van der Waals surface area contributed by atoms with Gasteiger partial charge in [-0.1, -0.05) is 30.0 Å². The van der Waals surface area contributed by atoms with Crippen molar-refractivity contribution >= 4 is 11.8 Å². The molecule has 0 saturated heterocycles. The van der Waals surface area contributed by atoms with E-state index in [1.54, 1.807) is 0 Å². The van der Waals surface area contributed by atoms with Crippen LogP contribution in [0.1, 0.15) is 38.4 Å². The van der Waals surface area contributed by atoms with E-state index in [-0.39, 0.29) is 6.10 Å². The lowest BCUT2D eigenvalue weighted by atomic mass is 10.3. The highest BCUT2D eigenvalue weighted by Gasteiger charge is 2.30. The maximum atomic E-state index is 9.97. The summed E-state index contributed by atoms with van der Waals surface area (Å²) in [7, 11) is 0. The fourth-order valence-electron chi connectivity index (χ4n) is 2.25. The van der Waals surface area contributed by atoms with Crippen LogP contribution in [0, 0.1) is 0 Å². The first-order valence-electron chi connectivity index (χ1n) is 8.08. The normalized spacial score (nSPS) is 16.0. The molecule has 0 bridgehead atoms. The smallest absolute Gasteiger partial charge is 0.209 e. The highest BCUT2D eigenvalue weighted by Crippen LogP contribution is 2.40. The molecule has 0 radical (unpaired) electrons. The molecule has 1 saturated carbocycles. The number of nitrogens with zero attached hydrogens (tertiary/aromatic N) is 3. The molecule has 0 spiro atoms. The van der Waals surface area contributed by atoms with Crippen molar-refractivity contribution in [2.75, 3.05) is 12.4 Å². The maximum Gasteiger partial charge on any atom is 0.209 e. The first kappa shape index (κ1) is 16.5. The Balaban J connectivity index is 1.67. The number of hydrogen-bond acceptors (Lipinski definition) is 5. The summed E-state index contributed by atoms with van der Waals surface area (Å²) in [5.41, 5.74) is 1.04. The van der Waals surface area contributed by atoms with Crippen molar-refractivity contribution in [3.05, 3.63) is 36.2 Å². The third kappa shape index (κ3) is 4.56. The van der Waals surface area contributed by atoms with Gasteiger partial charge in [0.2, 0.25) is 5.16 Å². The molecule has 1 heterocycles. The van der Waals surface area contributed by atoms with Gasteiger partial charge < -0.3 is 9.84 Å². The van der Waals surface area contributed by atoms with E-state index < -0.39 is 6.10 Å². The zero-order valence-corrected chi connectivity index (χ0v) is 14.4. The molecule has 3 rings (SSSR count). The second kappa shape index (κ2) is 7.47. The van der Waals surface area contributed by atoms with Gasteiger partial charge in [-0.15, -0.1) is 5.10 Å². The van der Waals surface area contributed by atoms with Crippen molar-refractivity contribution < 1.29 is 9.84 Å². The molecule has 23 heavy (non-hydrogen) atoms. The molecule has 1 aliphatic rings. The Bertz CT molecular complexity index is 626. The average Bonchev–Trinajstić information content (AvgIpc) is 3.31. The van der Waals surface area contributed by atoms with Crippen LogP contribution >= 0.6 is 11.8 Å². The second-order valence-electron chi connectivity index (χ2n) is 6.12. The van der Waals surface area contributed by atoms with E-state index >= 15 is 0 Å². The van der Waals surface area contributed by atoms with E-state index in [2.05, 4.69) is 10.1 Å². The summed E-state index contributed by atoms with van der Waals surface area (Å²) in [6.07, 6.45) is 1.99. The topological polar surface area (TPSA) is 60.2 Å². The quantitative estimate of drug-likeness (QED) is 0.753. The minimum absolute atomic E-state index is 0.131. The molecule has 124 valence electrons. The van der Waals surface area contributed by atoms with Crippen LogP contribution in [-0.4, -0.2) is 44.4 Å². The largest absolute Gasteiger partial charge is 0.390 e. The van der Waals surface area contributed by atoms with E-state index in [1.807, 2.05) is 48.9 Å². The predicted octanol–water partition coefficient (Wildman–Crippen LogP) is 3.02. The predicted molar refractivity (Wildman–Crippen MR) is 91.2 cm³/mol. The molecular formula is C17H23N3O2S. The molecule has 6 heteroatoms. The fraction of sp³-hybridized carbons (Fsp3) is 0.529. The molecular weight excluding hydrogens is 310 g/mol. The monoisotopic (exact) mass is 333 g/mol. The number of thioether (sulfide) groups is 1. The lowest BCUT2D eigenvalue weighted by Gasteiger charge is -2.11. The number of aromatic nitrogens is 3. The van der Waals surface area contributed by atoms with Crippen molar-refractivity contribution in [2.45, 2.75) is 50.0 Å². The van der Waals surface area contributed by atoms with Crippen LogP contribution < -0.4 is 0 Å². The third-order valence-corrected chi connectivity index (χ3v) is 4.57. The number of benzene rings is 1. The van der Waals surface area contributed by atoms with E-state index in [4.69, 9.17) is 4.74 Å². The maximum absolute atomic E-state index is 9.97. The number of aliphatic hydroxyl groups excluding tert-OH is 1. The highest BCUT2D eigenvalue weighted by atomic mass is 32.2. The Morgan fingerprint density at radius 2 is 2.04 bits per heavy atom. The molecule has 1 N–H and O–H groups in total. The molecule has 1 unspecified atom stereocenters. The Labute approximate surface area is 141 Å². The van der Waals surface area contributed by atoms with Gasteiger partial charge in [0.1, 0.15) is 5.82 Å². The Morgan fingerprint density at radius 3 is 2.70 bits per heavy atom. The van der Waals surface area contributed by atoms with Gasteiger partial charge in [0.25, 0.3) is 0 Å². The van der Waals surface area contributed by atoms with Gasteiger partial charge in [0, 0.05) is 11.7 Å². The number of hydrogen-bond donors (Lipinski definition) is 1. The molecule has 0 aliphatic heterocycles. The Kier molecular flexibility index (Phi) is 5.35. The van der Waals surface area contributed by atoms with Gasteiger partial charge >= 0.3 is 0 Å². The average molecular weight is 333 g/mol. The van der Waals surface area contributed by atoms with Crippen LogP contribution in [0.15, 0.2) is 35.5 Å². The molecule has 0 amide bonds. The van der Waals surface area contributed by atoms with Gasteiger partial charge in [0.15, 0.2) is 0 Å². The van der Waals surface area contributed by atoms with Crippen molar-refractivity contribution in [3.63, 3.8) is 0 Å². The number of aliphatic hydroxyl groups is 1. The third-order valence-electron chi connectivity index (χ3n) is 3.58. The summed E-state index contributed by atoms with van der Waals surface area (Å²) in [6.45, 7) is 4.27. The van der Waals surface area contributed by atoms with Crippen LogP contribution in [0.25, 0.3) is 5.69 Å². The van der Waals surface area contributed by atoms with Gasteiger partial charge in [-0.3, -0.25) is 0 Å². The number of ether oxygens (including phenoxy) is 1. The number of rotatable bonds is 8. The molecule has 2 aromatic rings. The standard InChI is InChI=1S/C17H23N3O2S/c1-12(2)22-10-15(21)11-23-17-18-16(13-8-9-13)20(19-17)14-6-4-3-5-7-14/h3-7,12-13,15,21H,8-11H2,1-2H3. The van der Waals surface area contributed by atoms with Gasteiger partial charge in [0.05, 0.1) is 24.5 Å². The zero-order valence-electron chi connectivity index (χ0n) is 13.6. The Morgan fingerprint density at radius 1 is 1.30 bits per heavy atom. The summed E-state index contributed by atoms with van der Waals surface area (Å²) in [5, 5.41) is 15.3. The van der Waals surface area contributed by atoms with Gasteiger partial charge in [-0.25, -0.2) is 9.67 Å². The van der Waals surface area contributed by atoms with E-state index in [9.17, 15) is 5.11 Å². The van der Waals surface area contributed by atoms with Crippen molar-refractivity contribution in [3.8, 4) is 5.69 Å². The summed E-state index contributed by atoms with van der Waals surface area (Å²) in [6, 6.07) is 10.1.